The molecule has 52 heavy (non-hydrogen) atoms. The van der Waals surface area contributed by atoms with Gasteiger partial charge >= 0.3 is 11.8 Å². The summed E-state index contributed by atoms with van der Waals surface area (Å²) >= 11 is 0. The van der Waals surface area contributed by atoms with Crippen molar-refractivity contribution < 1.29 is 87.6 Å². The minimum Gasteiger partial charge on any atom is -0.756 e. The van der Waals surface area contributed by atoms with Crippen LogP contribution in [0.25, 0.3) is 0 Å². The Balaban J connectivity index is 1.69. The number of aromatic nitrogens is 2. The van der Waals surface area contributed by atoms with Gasteiger partial charge in [0.1, 0.15) is 43.2 Å². The molecular weight excluding hydrogens is 727 g/mol. The summed E-state index contributed by atoms with van der Waals surface area (Å²) in [7, 11) is -4.31. The number of rotatable bonds is 19. The third-order valence-electron chi connectivity index (χ3n) is 8.25. The Morgan fingerprint density at radius 3 is 2.48 bits per heavy atom. The summed E-state index contributed by atoms with van der Waals surface area (Å²) in [6.45, 7) is -0.954. The predicted molar refractivity (Wildman–Crippen MR) is 163 cm³/mol. The number of carboxylic acid groups (broad SMARTS) is 1. The van der Waals surface area contributed by atoms with E-state index < -0.39 is 124 Å². The minimum atomic E-state index is -5.78. The van der Waals surface area contributed by atoms with Crippen molar-refractivity contribution in [3.63, 3.8) is 0 Å². The first kappa shape index (κ1) is 43.2. The number of amides is 2. The normalized spacial score (nSPS) is 29.8. The van der Waals surface area contributed by atoms with Gasteiger partial charge in [-0.15, -0.1) is 0 Å². The molecule has 0 spiro atoms. The number of aliphatic hydroxyl groups excluding tert-OH is 6. The fourth-order valence-corrected chi connectivity index (χ4v) is 6.65. The molecule has 24 heteroatoms. The first-order valence-corrected chi connectivity index (χ1v) is 17.3. The van der Waals surface area contributed by atoms with Crippen LogP contribution in [0.3, 0.4) is 0 Å². The standard InChI is InChI=1S/C28H45N4O19P/c1-14-3-4-32(26(42)30-14)24-23(39)22(38)18(50-24)13-49-52(44,45)51-28(25(40)41)9-15(21(37)17(35)12-33)20(16(34)10-28)31-19(36)11-29-27(43)48-8-7-47-6-5-46-2/h3-4,15-18,20-24,33-35,37-39H,5-13H2,1-2H3,(H,29,43)(H,31,36)(H,40,41)(H,44,45)/p-2/t15?,16?,17-,18?,20?,21+,22-,23-,24?,28?/m1/s1. The highest BCUT2D eigenvalue weighted by Gasteiger charge is 2.53. The fraction of sp³-hybridized carbons (Fsp3) is 0.750. The van der Waals surface area contributed by atoms with Crippen molar-refractivity contribution in [1.82, 2.24) is 20.2 Å². The molecule has 23 nitrogen and oxygen atoms in total. The lowest BCUT2D eigenvalue weighted by Gasteiger charge is -2.50. The van der Waals surface area contributed by atoms with E-state index in [1.165, 1.54) is 26.3 Å². The van der Waals surface area contributed by atoms with E-state index in [0.29, 0.717) is 12.3 Å². The van der Waals surface area contributed by atoms with E-state index >= 15 is 0 Å². The van der Waals surface area contributed by atoms with Gasteiger partial charge in [0.2, 0.25) is 5.91 Å². The van der Waals surface area contributed by atoms with Crippen LogP contribution in [0.5, 0.6) is 0 Å². The number of carbonyl (C=O) groups excluding carboxylic acids is 3. The van der Waals surface area contributed by atoms with Crippen LogP contribution in [0.4, 0.5) is 4.79 Å². The Bertz CT molecular complexity index is 1470. The van der Waals surface area contributed by atoms with Crippen LogP contribution in [0.15, 0.2) is 17.1 Å². The van der Waals surface area contributed by atoms with Crippen molar-refractivity contribution in [3.05, 3.63) is 28.4 Å². The van der Waals surface area contributed by atoms with Crippen molar-refractivity contribution in [2.75, 3.05) is 53.3 Å². The largest absolute Gasteiger partial charge is 0.756 e. The third-order valence-corrected chi connectivity index (χ3v) is 9.29. The van der Waals surface area contributed by atoms with Crippen molar-refractivity contribution >= 4 is 25.8 Å². The molecule has 2 amide bonds. The average Bonchev–Trinajstić information content (AvgIpc) is 3.36. The monoisotopic (exact) mass is 770 g/mol. The number of carbonyl (C=O) groups is 3. The first-order chi connectivity index (χ1) is 24.4. The van der Waals surface area contributed by atoms with Crippen molar-refractivity contribution in [3.8, 4) is 0 Å². The van der Waals surface area contributed by atoms with Crippen LogP contribution in [0, 0.1) is 12.8 Å². The summed E-state index contributed by atoms with van der Waals surface area (Å²) in [6, 6.07) is -0.206. The van der Waals surface area contributed by atoms with Crippen LogP contribution in [0.1, 0.15) is 24.8 Å². The first-order valence-electron chi connectivity index (χ1n) is 15.8. The zero-order chi connectivity index (χ0) is 38.8. The maximum Gasteiger partial charge on any atom is 0.407 e. The lowest BCUT2D eigenvalue weighted by molar-refractivity contribution is -0.333. The fourth-order valence-electron chi connectivity index (χ4n) is 5.62. The second-order valence-corrected chi connectivity index (χ2v) is 13.3. The zero-order valence-corrected chi connectivity index (χ0v) is 28.9. The number of alkyl carbamates (subject to hydrolysis) is 1. The molecule has 8 N–H and O–H groups in total. The van der Waals surface area contributed by atoms with Crippen LogP contribution in [-0.2, 0) is 42.1 Å². The van der Waals surface area contributed by atoms with Gasteiger partial charge in [-0.1, -0.05) is 0 Å². The average molecular weight is 771 g/mol. The van der Waals surface area contributed by atoms with E-state index in [9.17, 15) is 64.4 Å². The predicted octanol–water partition coefficient (Wildman–Crippen LogP) is -6.48. The lowest BCUT2D eigenvalue weighted by Crippen LogP contribution is -2.66. The molecule has 0 bridgehead atoms. The summed E-state index contributed by atoms with van der Waals surface area (Å²) in [4.78, 5) is 65.9. The molecule has 2 heterocycles. The van der Waals surface area contributed by atoms with E-state index in [-0.39, 0.29) is 19.8 Å². The Labute approximate surface area is 295 Å². The highest BCUT2D eigenvalue weighted by molar-refractivity contribution is 7.46. The molecular formula is C28H43N4O19P-2. The van der Waals surface area contributed by atoms with Gasteiger partial charge in [0.15, 0.2) is 6.23 Å². The SMILES string of the molecule is COCCOCCOC(=O)NCC(=O)NC1C(O)CC(OP(=O)([O-])OCC2OC(n3ccc(C)nc3=O)[C@H](O)[C@@H]2O)(C(=O)[O-])CC1[C@H](O)[C@H](O)CO. The van der Waals surface area contributed by atoms with Gasteiger partial charge in [-0.2, -0.15) is 4.98 Å². The van der Waals surface area contributed by atoms with Crippen molar-refractivity contribution in [1.29, 1.82) is 0 Å². The van der Waals surface area contributed by atoms with Gasteiger partial charge in [-0.3, -0.25) is 13.9 Å². The van der Waals surface area contributed by atoms with Crippen LogP contribution in [-0.4, -0.2) is 160 Å². The molecule has 3 rings (SSSR count). The molecule has 2 aliphatic rings. The number of aryl methyl sites for hydroxylation is 1. The minimum absolute atomic E-state index is 0.0297. The number of nitrogens with one attached hydrogen (secondary N) is 2. The van der Waals surface area contributed by atoms with E-state index in [1.807, 2.05) is 0 Å². The van der Waals surface area contributed by atoms with Crippen molar-refractivity contribution in [2.24, 2.45) is 5.92 Å². The maximum atomic E-state index is 13.0. The highest BCUT2D eigenvalue weighted by Crippen LogP contribution is 2.50. The Hall–Kier alpha value is -3.16. The second-order valence-electron chi connectivity index (χ2n) is 12.0. The molecule has 1 saturated heterocycles. The number of phosphoric ester groups is 1. The van der Waals surface area contributed by atoms with Crippen LogP contribution >= 0.6 is 7.82 Å². The van der Waals surface area contributed by atoms with Gasteiger partial charge in [-0.05, 0) is 19.4 Å². The molecule has 0 radical (unpaired) electrons. The molecule has 1 aliphatic heterocycles. The molecule has 1 aliphatic carbocycles. The highest BCUT2D eigenvalue weighted by atomic mass is 31.2. The molecule has 7 unspecified atom stereocenters. The summed E-state index contributed by atoms with van der Waals surface area (Å²) in [5.74, 6) is -4.95. The van der Waals surface area contributed by atoms with Crippen molar-refractivity contribution in [2.45, 2.75) is 74.3 Å². The zero-order valence-electron chi connectivity index (χ0n) is 28.0. The lowest BCUT2D eigenvalue weighted by atomic mass is 9.70. The Morgan fingerprint density at radius 1 is 1.15 bits per heavy atom. The van der Waals surface area contributed by atoms with Crippen LogP contribution in [0.2, 0.25) is 0 Å². The third kappa shape index (κ3) is 11.4. The molecule has 0 aromatic carbocycles. The number of nitrogens with zero attached hydrogens (tertiary/aromatic N) is 2. The van der Waals surface area contributed by atoms with Crippen LogP contribution < -0.4 is 26.3 Å². The number of aliphatic carboxylic acids is 1. The molecule has 1 aromatic rings. The Kier molecular flexibility index (Phi) is 16.0. The number of ether oxygens (including phenoxy) is 4. The number of phosphoric acid groups is 1. The summed E-state index contributed by atoms with van der Waals surface area (Å²) in [5, 5.41) is 79.0. The van der Waals surface area contributed by atoms with Gasteiger partial charge in [0, 0.05) is 31.3 Å². The van der Waals surface area contributed by atoms with Gasteiger partial charge in [0.05, 0.1) is 57.3 Å². The number of hydrogen-bond donors (Lipinski definition) is 8. The summed E-state index contributed by atoms with van der Waals surface area (Å²) in [6.07, 6.45) is -14.8. The summed E-state index contributed by atoms with van der Waals surface area (Å²) < 4.78 is 43.6. The van der Waals surface area contributed by atoms with Gasteiger partial charge in [0.25, 0.3) is 7.82 Å². The van der Waals surface area contributed by atoms with E-state index in [1.54, 1.807) is 0 Å². The van der Waals surface area contributed by atoms with Gasteiger partial charge < -0.3 is 84.1 Å². The number of carboxylic acids is 1. The van der Waals surface area contributed by atoms with E-state index in [2.05, 4.69) is 15.6 Å². The van der Waals surface area contributed by atoms with E-state index in [4.69, 9.17) is 28.0 Å². The smallest absolute Gasteiger partial charge is 0.407 e. The topological polar surface area (TPSA) is 350 Å². The summed E-state index contributed by atoms with van der Waals surface area (Å²) in [5.41, 5.74) is -3.51. The maximum absolute atomic E-state index is 13.0. The van der Waals surface area contributed by atoms with E-state index in [0.717, 1.165) is 4.57 Å². The molecule has 2 fully saturated rings. The van der Waals surface area contributed by atoms with Gasteiger partial charge in [-0.25, -0.2) is 9.59 Å². The quantitative estimate of drug-likeness (QED) is 0.0479. The molecule has 296 valence electrons. The number of aliphatic hydroxyl groups is 6. The molecule has 1 saturated carbocycles. The second kappa shape index (κ2) is 19.3. The number of hydrogen-bond acceptors (Lipinski definition) is 20. The molecule has 11 atom stereocenters. The Morgan fingerprint density at radius 2 is 1.85 bits per heavy atom. The number of methoxy groups -OCH3 is 1. The molecule has 1 aromatic heterocycles.